The van der Waals surface area contributed by atoms with E-state index >= 15 is 0 Å². The van der Waals surface area contributed by atoms with Crippen LogP contribution < -0.4 is 11.1 Å². The van der Waals surface area contributed by atoms with Gasteiger partial charge in [-0.2, -0.15) is 0 Å². The lowest BCUT2D eigenvalue weighted by Crippen LogP contribution is -2.30. The number of pyridine rings is 1. The highest BCUT2D eigenvalue weighted by molar-refractivity contribution is 5.96. The average Bonchev–Trinajstić information content (AvgIpc) is 3.12. The van der Waals surface area contributed by atoms with Crippen LogP contribution in [0.4, 0.5) is 0 Å². The topological polar surface area (TPSA) is 88.3 Å². The molecule has 0 bridgehead atoms. The van der Waals surface area contributed by atoms with Crippen LogP contribution in [0.2, 0.25) is 0 Å². The van der Waals surface area contributed by atoms with Crippen LogP contribution >= 0.6 is 12.4 Å². The van der Waals surface area contributed by atoms with Gasteiger partial charge in [0, 0.05) is 32.3 Å². The van der Waals surface area contributed by atoms with Crippen LogP contribution in [0.25, 0.3) is 0 Å². The van der Waals surface area contributed by atoms with Crippen molar-refractivity contribution in [3.05, 3.63) is 65.5 Å². The Morgan fingerprint density at radius 1 is 1.19 bits per heavy atom. The van der Waals surface area contributed by atoms with Crippen molar-refractivity contribution in [2.45, 2.75) is 5.92 Å². The maximum atomic E-state index is 12.8. The summed E-state index contributed by atoms with van der Waals surface area (Å²) in [5, 5.41) is 2.51. The fourth-order valence-corrected chi connectivity index (χ4v) is 3.32. The third-order valence-corrected chi connectivity index (χ3v) is 4.73. The van der Waals surface area contributed by atoms with Gasteiger partial charge in [-0.15, -0.1) is 12.4 Å². The molecule has 6 nitrogen and oxygen atoms in total. The van der Waals surface area contributed by atoms with Gasteiger partial charge in [-0.3, -0.25) is 14.6 Å². The zero-order chi connectivity index (χ0) is 17.8. The Labute approximate surface area is 159 Å². The molecule has 0 saturated carbocycles. The number of hydrogen-bond acceptors (Lipinski definition) is 4. The van der Waals surface area contributed by atoms with Crippen LogP contribution in [0.15, 0.2) is 48.7 Å². The Hall–Kier alpha value is -2.44. The lowest BCUT2D eigenvalue weighted by atomic mass is 9.89. The first-order valence-electron chi connectivity index (χ1n) is 8.36. The molecular weight excluding hydrogens is 352 g/mol. The van der Waals surface area contributed by atoms with Crippen molar-refractivity contribution in [2.24, 2.45) is 11.7 Å². The van der Waals surface area contributed by atoms with Crippen LogP contribution in [0, 0.1) is 5.92 Å². The number of carbonyl (C=O) groups is 2. The van der Waals surface area contributed by atoms with Gasteiger partial charge in [0.1, 0.15) is 5.69 Å². The van der Waals surface area contributed by atoms with E-state index in [1.807, 2.05) is 23.1 Å². The van der Waals surface area contributed by atoms with Crippen LogP contribution in [-0.4, -0.2) is 48.4 Å². The highest BCUT2D eigenvalue weighted by Crippen LogP contribution is 2.32. The first-order chi connectivity index (χ1) is 12.1. The molecule has 2 atom stereocenters. The number of aromatic nitrogens is 1. The maximum Gasteiger partial charge on any atom is 0.269 e. The number of rotatable bonds is 4. The third-order valence-electron chi connectivity index (χ3n) is 4.73. The second-order valence-corrected chi connectivity index (χ2v) is 6.23. The molecule has 3 N–H and O–H groups in total. The van der Waals surface area contributed by atoms with Gasteiger partial charge in [-0.05, 0) is 30.2 Å². The summed E-state index contributed by atoms with van der Waals surface area (Å²) in [5.74, 6) is 0.137. The predicted octanol–water partition coefficient (Wildman–Crippen LogP) is 1.68. The number of hydrogen-bond donors (Lipinski definition) is 2. The Morgan fingerprint density at radius 3 is 2.50 bits per heavy atom. The van der Waals surface area contributed by atoms with Gasteiger partial charge in [0.25, 0.3) is 11.8 Å². The minimum absolute atomic E-state index is 0. The van der Waals surface area contributed by atoms with Gasteiger partial charge in [-0.25, -0.2) is 0 Å². The van der Waals surface area contributed by atoms with Crippen LogP contribution in [0.1, 0.15) is 32.3 Å². The molecule has 2 heterocycles. The van der Waals surface area contributed by atoms with E-state index < -0.39 is 0 Å². The Bertz CT molecular complexity index is 752. The van der Waals surface area contributed by atoms with Crippen molar-refractivity contribution >= 4 is 24.2 Å². The van der Waals surface area contributed by atoms with Crippen LogP contribution in [0.3, 0.4) is 0 Å². The maximum absolute atomic E-state index is 12.8. The Morgan fingerprint density at radius 2 is 1.92 bits per heavy atom. The first-order valence-corrected chi connectivity index (χ1v) is 8.36. The summed E-state index contributed by atoms with van der Waals surface area (Å²) in [6.07, 6.45) is 1.46. The molecule has 7 heteroatoms. The molecule has 0 unspecified atom stereocenters. The van der Waals surface area contributed by atoms with Crippen LogP contribution in [-0.2, 0) is 0 Å². The average molecular weight is 375 g/mol. The zero-order valence-corrected chi connectivity index (χ0v) is 15.4. The van der Waals surface area contributed by atoms with Gasteiger partial charge in [-0.1, -0.05) is 30.3 Å². The fraction of sp³-hybridized carbons (Fsp3) is 0.316. The molecule has 2 amide bonds. The van der Waals surface area contributed by atoms with E-state index in [0.717, 1.165) is 0 Å². The van der Waals surface area contributed by atoms with Crippen molar-refractivity contribution in [1.82, 2.24) is 15.2 Å². The lowest BCUT2D eigenvalue weighted by molar-refractivity contribution is 0.0785. The lowest BCUT2D eigenvalue weighted by Gasteiger charge is -2.17. The molecule has 2 aromatic rings. The van der Waals surface area contributed by atoms with Gasteiger partial charge < -0.3 is 16.0 Å². The minimum Gasteiger partial charge on any atom is -0.354 e. The number of likely N-dealkylation sites (tertiary alicyclic amines) is 1. The molecule has 1 aromatic carbocycles. The van der Waals surface area contributed by atoms with E-state index in [2.05, 4.69) is 22.4 Å². The number of halogens is 1. The molecule has 1 fully saturated rings. The molecule has 3 rings (SSSR count). The van der Waals surface area contributed by atoms with Crippen molar-refractivity contribution in [3.63, 3.8) is 0 Å². The number of amides is 2. The van der Waals surface area contributed by atoms with Crippen LogP contribution in [0.5, 0.6) is 0 Å². The molecule has 1 aromatic heterocycles. The second-order valence-electron chi connectivity index (χ2n) is 6.23. The smallest absolute Gasteiger partial charge is 0.269 e. The summed E-state index contributed by atoms with van der Waals surface area (Å²) >= 11 is 0. The normalized spacial score (nSPS) is 18.9. The summed E-state index contributed by atoms with van der Waals surface area (Å²) < 4.78 is 0. The van der Waals surface area contributed by atoms with Crippen molar-refractivity contribution in [1.29, 1.82) is 0 Å². The van der Waals surface area contributed by atoms with Gasteiger partial charge in [0.05, 0.1) is 5.56 Å². The standard InChI is InChI=1S/C19H22N4O2.ClH/c1-21-18(24)17-8-7-14(10-22-17)19(25)23-11-15(9-20)16(12-23)13-5-3-2-4-6-13;/h2-8,10,15-16H,9,11-12,20H2,1H3,(H,21,24);1H/t15-,16+;/m1./s1. The molecular formula is C19H23ClN4O2. The van der Waals surface area contributed by atoms with Crippen molar-refractivity contribution in [2.75, 3.05) is 26.7 Å². The highest BCUT2D eigenvalue weighted by atomic mass is 35.5. The van der Waals surface area contributed by atoms with Gasteiger partial charge in [0.15, 0.2) is 0 Å². The summed E-state index contributed by atoms with van der Waals surface area (Å²) in [6.45, 7) is 1.81. The number of carbonyl (C=O) groups excluding carboxylic acids is 2. The molecule has 0 radical (unpaired) electrons. The number of benzene rings is 1. The molecule has 1 aliphatic heterocycles. The predicted molar refractivity (Wildman–Crippen MR) is 103 cm³/mol. The summed E-state index contributed by atoms with van der Waals surface area (Å²) in [6, 6.07) is 13.4. The summed E-state index contributed by atoms with van der Waals surface area (Å²) in [4.78, 5) is 30.2. The van der Waals surface area contributed by atoms with Crippen molar-refractivity contribution < 1.29 is 9.59 Å². The highest BCUT2D eigenvalue weighted by Gasteiger charge is 2.35. The third kappa shape index (κ3) is 4.03. The first kappa shape index (κ1) is 19.9. The van der Waals surface area contributed by atoms with E-state index in [1.54, 1.807) is 19.2 Å². The van der Waals surface area contributed by atoms with Crippen molar-refractivity contribution in [3.8, 4) is 0 Å². The van der Waals surface area contributed by atoms with E-state index in [-0.39, 0.29) is 36.1 Å². The number of nitrogens with zero attached hydrogens (tertiary/aromatic N) is 2. The molecule has 0 aliphatic carbocycles. The Balaban J connectivity index is 0.00000243. The Kier molecular flexibility index (Phi) is 6.71. The quantitative estimate of drug-likeness (QED) is 0.852. The largest absolute Gasteiger partial charge is 0.354 e. The SMILES string of the molecule is CNC(=O)c1ccc(C(=O)N2C[C@@H](CN)[C@H](c3ccccc3)C2)cn1.Cl. The van der Waals surface area contributed by atoms with E-state index in [1.165, 1.54) is 11.8 Å². The summed E-state index contributed by atoms with van der Waals surface area (Å²) in [5.41, 5.74) is 7.92. The molecule has 1 saturated heterocycles. The summed E-state index contributed by atoms with van der Waals surface area (Å²) in [7, 11) is 1.55. The van der Waals surface area contributed by atoms with Gasteiger partial charge >= 0.3 is 0 Å². The monoisotopic (exact) mass is 374 g/mol. The number of nitrogens with one attached hydrogen (secondary N) is 1. The second kappa shape index (κ2) is 8.78. The van der Waals surface area contributed by atoms with E-state index in [4.69, 9.17) is 5.73 Å². The fourth-order valence-electron chi connectivity index (χ4n) is 3.32. The van der Waals surface area contributed by atoms with E-state index in [9.17, 15) is 9.59 Å². The van der Waals surface area contributed by atoms with E-state index in [0.29, 0.717) is 30.9 Å². The van der Waals surface area contributed by atoms with Gasteiger partial charge in [0.2, 0.25) is 0 Å². The molecule has 1 aliphatic rings. The zero-order valence-electron chi connectivity index (χ0n) is 14.6. The number of nitrogens with two attached hydrogens (primary N) is 1. The molecule has 0 spiro atoms. The molecule has 26 heavy (non-hydrogen) atoms. The molecule has 138 valence electrons. The minimum atomic E-state index is -0.271.